The van der Waals surface area contributed by atoms with Crippen LogP contribution in [0.4, 0.5) is 24.5 Å². The Morgan fingerprint density at radius 1 is 1.09 bits per heavy atom. The molecule has 0 spiro atoms. The molecule has 1 aliphatic rings. The van der Waals surface area contributed by atoms with Crippen LogP contribution in [-0.2, 0) is 17.3 Å². The Kier molecular flexibility index (Phi) is 6.93. The first-order chi connectivity index (χ1) is 16.6. The molecule has 0 aliphatic carbocycles. The zero-order valence-corrected chi connectivity index (χ0v) is 19.2. The number of hydrogen-bond acceptors (Lipinski definition) is 6. The highest BCUT2D eigenvalue weighted by Crippen LogP contribution is 2.37. The molecule has 7 nitrogen and oxygen atoms in total. The molecule has 1 aromatic heterocycles. The molecule has 3 aromatic rings. The van der Waals surface area contributed by atoms with Crippen LogP contribution >= 0.6 is 0 Å². The number of carbonyl (C=O) groups is 2. The van der Waals surface area contributed by atoms with Crippen molar-refractivity contribution in [3.8, 4) is 0 Å². The number of amides is 1. The molecule has 1 amide bonds. The van der Waals surface area contributed by atoms with E-state index in [1.54, 1.807) is 36.9 Å². The van der Waals surface area contributed by atoms with E-state index in [0.29, 0.717) is 43.3 Å². The smallest absolute Gasteiger partial charge is 0.378 e. The van der Waals surface area contributed by atoms with Gasteiger partial charge in [0.2, 0.25) is 0 Å². The number of anilines is 2. The average Bonchev–Trinajstić information content (AvgIpc) is 3.26. The number of rotatable bonds is 6. The third-order valence-corrected chi connectivity index (χ3v) is 5.92. The molecule has 184 valence electrons. The standard InChI is InChI=1S/C25H24F3N3O4/c1-15-11-19(5-3-17(15)13-23(32)20-14-29-35-16(20)2)30-24(33)18-4-6-22(21(12-18)25(26,27)28)31-7-9-34-10-8-31/h3-6,11-12,14H,7-10,13H2,1-2H3,(H,30,33). The maximum Gasteiger partial charge on any atom is 0.418 e. The Bertz CT molecular complexity index is 1250. The summed E-state index contributed by atoms with van der Waals surface area (Å²) in [6.45, 7) is 4.83. The fourth-order valence-electron chi connectivity index (χ4n) is 3.99. The first-order valence-corrected chi connectivity index (χ1v) is 11.0. The van der Waals surface area contributed by atoms with E-state index < -0.39 is 17.6 Å². The first-order valence-electron chi connectivity index (χ1n) is 11.0. The van der Waals surface area contributed by atoms with Crippen molar-refractivity contribution in [3.05, 3.63) is 76.2 Å². The van der Waals surface area contributed by atoms with E-state index in [1.807, 2.05) is 0 Å². The summed E-state index contributed by atoms with van der Waals surface area (Å²) < 4.78 is 51.5. The summed E-state index contributed by atoms with van der Waals surface area (Å²) in [5.74, 6) is -0.370. The van der Waals surface area contributed by atoms with Gasteiger partial charge in [0, 0.05) is 36.4 Å². The van der Waals surface area contributed by atoms with Crippen LogP contribution in [-0.4, -0.2) is 43.2 Å². The average molecular weight is 487 g/mol. The molecule has 1 aliphatic heterocycles. The summed E-state index contributed by atoms with van der Waals surface area (Å²) >= 11 is 0. The van der Waals surface area contributed by atoms with Gasteiger partial charge in [-0.3, -0.25) is 9.59 Å². The van der Waals surface area contributed by atoms with Crippen LogP contribution in [0.3, 0.4) is 0 Å². The second kappa shape index (κ2) is 9.91. The maximum absolute atomic E-state index is 13.8. The molecule has 0 unspecified atom stereocenters. The molecule has 1 N–H and O–H groups in total. The van der Waals surface area contributed by atoms with Crippen LogP contribution in [0.15, 0.2) is 47.1 Å². The van der Waals surface area contributed by atoms with Gasteiger partial charge >= 0.3 is 6.18 Å². The topological polar surface area (TPSA) is 84.7 Å². The van der Waals surface area contributed by atoms with Gasteiger partial charge in [0.25, 0.3) is 5.91 Å². The fourth-order valence-corrected chi connectivity index (χ4v) is 3.99. The molecule has 10 heteroatoms. The zero-order chi connectivity index (χ0) is 25.2. The van der Waals surface area contributed by atoms with Gasteiger partial charge in [-0.25, -0.2) is 0 Å². The summed E-state index contributed by atoms with van der Waals surface area (Å²) in [4.78, 5) is 26.9. The van der Waals surface area contributed by atoms with Gasteiger partial charge in [0.1, 0.15) is 5.76 Å². The molecule has 0 saturated carbocycles. The molecule has 1 fully saturated rings. The van der Waals surface area contributed by atoms with Crippen molar-refractivity contribution in [1.82, 2.24) is 5.16 Å². The minimum atomic E-state index is -4.61. The number of aryl methyl sites for hydroxylation is 2. The Morgan fingerprint density at radius 3 is 2.46 bits per heavy atom. The van der Waals surface area contributed by atoms with E-state index in [2.05, 4.69) is 10.5 Å². The molecule has 35 heavy (non-hydrogen) atoms. The van der Waals surface area contributed by atoms with Gasteiger partial charge in [-0.05, 0) is 55.3 Å². The Balaban J connectivity index is 1.50. The summed E-state index contributed by atoms with van der Waals surface area (Å²) in [6.07, 6.45) is -3.11. The van der Waals surface area contributed by atoms with E-state index in [0.717, 1.165) is 17.2 Å². The summed E-state index contributed by atoms with van der Waals surface area (Å²) in [5.41, 5.74) is 1.39. The lowest BCUT2D eigenvalue weighted by Gasteiger charge is -2.31. The molecular weight excluding hydrogens is 463 g/mol. The largest absolute Gasteiger partial charge is 0.418 e. The van der Waals surface area contributed by atoms with Gasteiger partial charge in [0.15, 0.2) is 5.78 Å². The highest BCUT2D eigenvalue weighted by Gasteiger charge is 2.36. The van der Waals surface area contributed by atoms with Gasteiger partial charge in [-0.2, -0.15) is 13.2 Å². The predicted molar refractivity (Wildman–Crippen MR) is 123 cm³/mol. The van der Waals surface area contributed by atoms with E-state index >= 15 is 0 Å². The van der Waals surface area contributed by atoms with Crippen LogP contribution in [0.25, 0.3) is 0 Å². The normalized spacial score (nSPS) is 14.1. The summed E-state index contributed by atoms with van der Waals surface area (Å²) in [7, 11) is 0. The third kappa shape index (κ3) is 5.54. The van der Waals surface area contributed by atoms with E-state index in [4.69, 9.17) is 9.26 Å². The van der Waals surface area contributed by atoms with Crippen LogP contribution in [0.2, 0.25) is 0 Å². The molecule has 1 saturated heterocycles. The van der Waals surface area contributed by atoms with Crippen molar-refractivity contribution in [2.75, 3.05) is 36.5 Å². The molecule has 0 atom stereocenters. The number of nitrogens with one attached hydrogen (secondary N) is 1. The number of ether oxygens (including phenoxy) is 1. The maximum atomic E-state index is 13.8. The van der Waals surface area contributed by atoms with Gasteiger partial charge < -0.3 is 19.5 Å². The van der Waals surface area contributed by atoms with E-state index in [-0.39, 0.29) is 23.5 Å². The highest BCUT2D eigenvalue weighted by molar-refractivity contribution is 6.05. The van der Waals surface area contributed by atoms with Crippen molar-refractivity contribution in [2.24, 2.45) is 0 Å². The summed E-state index contributed by atoms with van der Waals surface area (Å²) in [6, 6.07) is 8.58. The lowest BCUT2D eigenvalue weighted by atomic mass is 9.99. The highest BCUT2D eigenvalue weighted by atomic mass is 19.4. The Hall–Kier alpha value is -3.66. The molecule has 2 heterocycles. The van der Waals surface area contributed by atoms with Gasteiger partial charge in [-0.1, -0.05) is 11.2 Å². The molecule has 4 rings (SSSR count). The van der Waals surface area contributed by atoms with Gasteiger partial charge in [-0.15, -0.1) is 0 Å². The first kappa shape index (κ1) is 24.5. The molecular formula is C25H24F3N3O4. The Labute approximate surface area is 199 Å². The lowest BCUT2D eigenvalue weighted by molar-refractivity contribution is -0.137. The monoisotopic (exact) mass is 487 g/mol. The second-order valence-electron chi connectivity index (χ2n) is 8.32. The molecule has 0 radical (unpaired) electrons. The quantitative estimate of drug-likeness (QED) is 0.502. The van der Waals surface area contributed by atoms with E-state index in [9.17, 15) is 22.8 Å². The summed E-state index contributed by atoms with van der Waals surface area (Å²) in [5, 5.41) is 6.26. The SMILES string of the molecule is Cc1cc(NC(=O)c2ccc(N3CCOCC3)c(C(F)(F)F)c2)ccc1CC(=O)c1cnoc1C. The number of nitrogens with zero attached hydrogens (tertiary/aromatic N) is 2. The number of ketones is 1. The van der Waals surface area contributed by atoms with Crippen molar-refractivity contribution in [3.63, 3.8) is 0 Å². The van der Waals surface area contributed by atoms with E-state index in [1.165, 1.54) is 18.3 Å². The van der Waals surface area contributed by atoms with Crippen molar-refractivity contribution in [2.45, 2.75) is 26.4 Å². The fraction of sp³-hybridized carbons (Fsp3) is 0.320. The number of hydrogen-bond donors (Lipinski definition) is 1. The number of carbonyl (C=O) groups excluding carboxylic acids is 2. The van der Waals surface area contributed by atoms with Gasteiger partial charge in [0.05, 0.1) is 30.5 Å². The van der Waals surface area contributed by atoms with Crippen LogP contribution < -0.4 is 10.2 Å². The number of halogens is 3. The van der Waals surface area contributed by atoms with Crippen molar-refractivity contribution in [1.29, 1.82) is 0 Å². The van der Waals surface area contributed by atoms with Crippen LogP contribution in [0.5, 0.6) is 0 Å². The predicted octanol–water partition coefficient (Wildman–Crippen LogP) is 4.82. The number of benzene rings is 2. The number of morpholine rings is 1. The number of aromatic nitrogens is 1. The second-order valence-corrected chi connectivity index (χ2v) is 8.32. The molecule has 0 bridgehead atoms. The minimum absolute atomic E-state index is 0.0327. The van der Waals surface area contributed by atoms with Crippen LogP contribution in [0.1, 0.15) is 43.2 Å². The zero-order valence-electron chi connectivity index (χ0n) is 19.2. The third-order valence-electron chi connectivity index (χ3n) is 5.92. The molecule has 2 aromatic carbocycles. The number of alkyl halides is 3. The van der Waals surface area contributed by atoms with Crippen molar-refractivity contribution < 1.29 is 32.0 Å². The minimum Gasteiger partial charge on any atom is -0.378 e. The Morgan fingerprint density at radius 2 is 1.83 bits per heavy atom. The number of Topliss-reactive ketones (excluding diaryl/α,β-unsaturated/α-hetero) is 1. The lowest BCUT2D eigenvalue weighted by Crippen LogP contribution is -2.37. The van der Waals surface area contributed by atoms with Crippen LogP contribution in [0, 0.1) is 13.8 Å². The van der Waals surface area contributed by atoms with Crippen molar-refractivity contribution >= 4 is 23.1 Å².